The fraction of sp³-hybridized carbons (Fsp3) is 0.381. The number of rotatable bonds is 8. The molecule has 0 spiro atoms. The van der Waals surface area contributed by atoms with Crippen LogP contribution in [0.15, 0.2) is 59.5 Å². The molecule has 0 N–H and O–H groups in total. The Hall–Kier alpha value is -2.49. The van der Waals surface area contributed by atoms with Crippen molar-refractivity contribution >= 4 is 15.9 Å². The molecule has 1 aliphatic rings. The van der Waals surface area contributed by atoms with Crippen LogP contribution in [0.4, 0.5) is 4.39 Å². The zero-order chi connectivity index (χ0) is 21.4. The zero-order valence-electron chi connectivity index (χ0n) is 16.6. The van der Waals surface area contributed by atoms with E-state index in [1.54, 1.807) is 4.90 Å². The van der Waals surface area contributed by atoms with Gasteiger partial charge in [-0.1, -0.05) is 18.2 Å². The molecule has 0 radical (unpaired) electrons. The van der Waals surface area contributed by atoms with E-state index in [0.29, 0.717) is 26.1 Å². The first-order chi connectivity index (χ1) is 14.5. The van der Waals surface area contributed by atoms with Crippen molar-refractivity contribution in [2.24, 2.45) is 0 Å². The molecular weight excluding hydrogens is 411 g/mol. The predicted octanol–water partition coefficient (Wildman–Crippen LogP) is 2.14. The summed E-state index contributed by atoms with van der Waals surface area (Å²) >= 11 is 0. The fourth-order valence-corrected chi connectivity index (χ4v) is 4.59. The van der Waals surface area contributed by atoms with Gasteiger partial charge in [0.15, 0.2) is 0 Å². The number of carbonyl (C=O) groups is 1. The van der Waals surface area contributed by atoms with E-state index in [2.05, 4.69) is 0 Å². The molecule has 2 aromatic carbocycles. The number of sulfonamides is 1. The minimum absolute atomic E-state index is 0.0467. The van der Waals surface area contributed by atoms with Gasteiger partial charge in [0.2, 0.25) is 15.9 Å². The van der Waals surface area contributed by atoms with Crippen LogP contribution in [0.5, 0.6) is 5.75 Å². The van der Waals surface area contributed by atoms with Gasteiger partial charge in [-0.15, -0.1) is 0 Å². The predicted molar refractivity (Wildman–Crippen MR) is 109 cm³/mol. The van der Waals surface area contributed by atoms with Gasteiger partial charge in [-0.2, -0.15) is 4.31 Å². The highest BCUT2D eigenvalue weighted by Crippen LogP contribution is 2.18. The quantitative estimate of drug-likeness (QED) is 0.593. The van der Waals surface area contributed by atoms with Gasteiger partial charge in [-0.3, -0.25) is 4.79 Å². The molecule has 1 fully saturated rings. The minimum atomic E-state index is -3.72. The second kappa shape index (κ2) is 10.5. The van der Waals surface area contributed by atoms with E-state index in [-0.39, 0.29) is 37.1 Å². The van der Waals surface area contributed by atoms with E-state index in [1.165, 1.54) is 16.4 Å². The smallest absolute Gasteiger partial charge is 0.248 e. The maximum absolute atomic E-state index is 13.1. The number of carbonyl (C=O) groups excluding carboxylic acids is 1. The Morgan fingerprint density at radius 2 is 1.67 bits per heavy atom. The third kappa shape index (κ3) is 6.01. The summed E-state index contributed by atoms with van der Waals surface area (Å²) in [5.41, 5.74) is 0. The molecule has 30 heavy (non-hydrogen) atoms. The Morgan fingerprint density at radius 3 is 2.40 bits per heavy atom. The van der Waals surface area contributed by atoms with Gasteiger partial charge in [0, 0.05) is 26.2 Å². The third-order valence-electron chi connectivity index (χ3n) is 4.72. The van der Waals surface area contributed by atoms with Crippen LogP contribution in [0.2, 0.25) is 0 Å². The first kappa shape index (κ1) is 22.2. The molecule has 1 amide bonds. The van der Waals surface area contributed by atoms with Crippen molar-refractivity contribution < 1.29 is 27.1 Å². The summed E-state index contributed by atoms with van der Waals surface area (Å²) in [5, 5.41) is 0. The van der Waals surface area contributed by atoms with Gasteiger partial charge < -0.3 is 14.4 Å². The van der Waals surface area contributed by atoms with Crippen LogP contribution in [-0.4, -0.2) is 69.5 Å². The van der Waals surface area contributed by atoms with Crippen molar-refractivity contribution in [1.82, 2.24) is 9.21 Å². The fourth-order valence-electron chi connectivity index (χ4n) is 3.13. The van der Waals surface area contributed by atoms with Crippen LogP contribution in [0.3, 0.4) is 0 Å². The van der Waals surface area contributed by atoms with Crippen molar-refractivity contribution in [2.75, 3.05) is 46.0 Å². The summed E-state index contributed by atoms with van der Waals surface area (Å²) in [7, 11) is -3.72. The number of para-hydroxylation sites is 1. The maximum Gasteiger partial charge on any atom is 0.248 e. The highest BCUT2D eigenvalue weighted by molar-refractivity contribution is 7.89. The molecule has 0 aliphatic carbocycles. The molecule has 7 nitrogen and oxygen atoms in total. The average Bonchev–Trinajstić information content (AvgIpc) is 3.01. The van der Waals surface area contributed by atoms with E-state index in [1.807, 2.05) is 30.3 Å². The molecule has 1 saturated heterocycles. The average molecular weight is 437 g/mol. The second-order valence-electron chi connectivity index (χ2n) is 6.81. The van der Waals surface area contributed by atoms with Gasteiger partial charge in [-0.05, 0) is 42.8 Å². The largest absolute Gasteiger partial charge is 0.491 e. The Balaban J connectivity index is 1.44. The van der Waals surface area contributed by atoms with Crippen LogP contribution in [-0.2, 0) is 19.6 Å². The Bertz CT molecular complexity index is 922. The lowest BCUT2D eigenvalue weighted by atomic mass is 10.3. The summed E-state index contributed by atoms with van der Waals surface area (Å²) in [6.45, 7) is 1.75. The summed E-state index contributed by atoms with van der Waals surface area (Å²) in [4.78, 5) is 14.1. The highest BCUT2D eigenvalue weighted by Gasteiger charge is 2.28. The minimum Gasteiger partial charge on any atom is -0.491 e. The first-order valence-electron chi connectivity index (χ1n) is 9.76. The molecule has 1 aliphatic heterocycles. The molecule has 162 valence electrons. The van der Waals surface area contributed by atoms with E-state index in [4.69, 9.17) is 9.47 Å². The Morgan fingerprint density at radius 1 is 0.933 bits per heavy atom. The van der Waals surface area contributed by atoms with Gasteiger partial charge >= 0.3 is 0 Å². The maximum atomic E-state index is 13.1. The molecule has 0 atom stereocenters. The van der Waals surface area contributed by atoms with E-state index in [9.17, 15) is 17.6 Å². The van der Waals surface area contributed by atoms with Gasteiger partial charge in [0.25, 0.3) is 0 Å². The third-order valence-corrected chi connectivity index (χ3v) is 6.64. The van der Waals surface area contributed by atoms with Gasteiger partial charge in [0.1, 0.15) is 24.8 Å². The molecule has 0 aromatic heterocycles. The van der Waals surface area contributed by atoms with Crippen LogP contribution >= 0.6 is 0 Å². The topological polar surface area (TPSA) is 76.2 Å². The number of benzene rings is 2. The van der Waals surface area contributed by atoms with Crippen LogP contribution in [0.1, 0.15) is 6.42 Å². The SMILES string of the molecule is O=C(COCCOc1ccccc1)N1CCCN(S(=O)(=O)c2ccc(F)cc2)CC1. The van der Waals surface area contributed by atoms with E-state index >= 15 is 0 Å². The number of halogens is 1. The number of ether oxygens (including phenoxy) is 2. The van der Waals surface area contributed by atoms with Gasteiger partial charge in [-0.25, -0.2) is 12.8 Å². The van der Waals surface area contributed by atoms with Crippen LogP contribution in [0, 0.1) is 5.82 Å². The molecule has 1 heterocycles. The lowest BCUT2D eigenvalue weighted by molar-refractivity contribution is -0.136. The molecular formula is C21H25FN2O5S. The van der Waals surface area contributed by atoms with Crippen molar-refractivity contribution in [2.45, 2.75) is 11.3 Å². The Labute approximate surface area is 176 Å². The lowest BCUT2D eigenvalue weighted by Crippen LogP contribution is -2.39. The highest BCUT2D eigenvalue weighted by atomic mass is 32.2. The molecule has 2 aromatic rings. The Kier molecular flexibility index (Phi) is 7.78. The van der Waals surface area contributed by atoms with E-state index in [0.717, 1.165) is 17.9 Å². The molecule has 0 unspecified atom stereocenters. The van der Waals surface area contributed by atoms with E-state index < -0.39 is 15.8 Å². The lowest BCUT2D eigenvalue weighted by Gasteiger charge is -2.22. The van der Waals surface area contributed by atoms with Crippen molar-refractivity contribution in [3.63, 3.8) is 0 Å². The molecule has 3 rings (SSSR count). The summed E-state index contributed by atoms with van der Waals surface area (Å²) in [5.74, 6) is 0.0638. The number of amides is 1. The molecule has 9 heteroatoms. The summed E-state index contributed by atoms with van der Waals surface area (Å²) in [6, 6.07) is 14.1. The second-order valence-corrected chi connectivity index (χ2v) is 8.74. The van der Waals surface area contributed by atoms with Gasteiger partial charge in [0.05, 0.1) is 11.5 Å². The van der Waals surface area contributed by atoms with Crippen molar-refractivity contribution in [3.05, 3.63) is 60.4 Å². The van der Waals surface area contributed by atoms with Crippen molar-refractivity contribution in [3.8, 4) is 5.75 Å². The molecule has 0 saturated carbocycles. The summed E-state index contributed by atoms with van der Waals surface area (Å²) < 4.78 is 50.8. The van der Waals surface area contributed by atoms with Crippen LogP contribution < -0.4 is 4.74 Å². The molecule has 0 bridgehead atoms. The van der Waals surface area contributed by atoms with Crippen molar-refractivity contribution in [1.29, 1.82) is 0 Å². The van der Waals surface area contributed by atoms with Crippen LogP contribution in [0.25, 0.3) is 0 Å². The number of nitrogens with zero attached hydrogens (tertiary/aromatic N) is 2. The first-order valence-corrected chi connectivity index (χ1v) is 11.2. The normalized spacial score (nSPS) is 15.6. The monoisotopic (exact) mass is 436 g/mol. The number of hydrogen-bond acceptors (Lipinski definition) is 5. The summed E-state index contributed by atoms with van der Waals surface area (Å²) in [6.07, 6.45) is 0.517. The zero-order valence-corrected chi connectivity index (χ0v) is 17.4. The number of hydrogen-bond donors (Lipinski definition) is 0. The standard InChI is InChI=1S/C21H25FN2O5S/c22-18-7-9-20(10-8-18)30(26,27)24-12-4-11-23(13-14-24)21(25)17-28-15-16-29-19-5-2-1-3-6-19/h1-3,5-10H,4,11-17H2.